The molecule has 2 amide bonds. The Bertz CT molecular complexity index is 778. The van der Waals surface area contributed by atoms with Gasteiger partial charge in [-0.15, -0.1) is 14.5 Å². The van der Waals surface area contributed by atoms with Gasteiger partial charge in [0.05, 0.1) is 12.6 Å². The van der Waals surface area contributed by atoms with Crippen LogP contribution in [0.25, 0.3) is 0 Å². The van der Waals surface area contributed by atoms with E-state index in [1.54, 1.807) is 0 Å². The quantitative estimate of drug-likeness (QED) is 0.613. The number of aromatic nitrogens is 2. The summed E-state index contributed by atoms with van der Waals surface area (Å²) in [6.07, 6.45) is 1.04. The van der Waals surface area contributed by atoms with Gasteiger partial charge in [-0.05, 0) is 12.8 Å². The summed E-state index contributed by atoms with van der Waals surface area (Å²) in [5, 5.41) is 12.1. The van der Waals surface area contributed by atoms with Crippen molar-refractivity contribution in [2.24, 2.45) is 0 Å². The molecule has 12 nitrogen and oxygen atoms in total. The van der Waals surface area contributed by atoms with E-state index in [4.69, 9.17) is 8.97 Å². The second-order valence-electron chi connectivity index (χ2n) is 6.57. The standard InChI is InChI=1S/C13H20N6O6S/c20-13-18-7-9(19(13)25-26(21,22)23)1-2-10(18)12-16-15-11(24-12)8-17-5-3-14-4-6-17/h9-10,14H,1-8H2,(H,21,22,23)/t9-,10-/m0/s1. The van der Waals surface area contributed by atoms with Crippen LogP contribution in [0.15, 0.2) is 4.42 Å². The number of nitrogens with zero attached hydrogens (tertiary/aromatic N) is 5. The average molecular weight is 388 g/mol. The molecule has 0 aromatic carbocycles. The number of piperidine rings is 1. The van der Waals surface area contributed by atoms with Gasteiger partial charge in [-0.1, -0.05) is 0 Å². The lowest BCUT2D eigenvalue weighted by Gasteiger charge is -2.27. The van der Waals surface area contributed by atoms with Crippen molar-refractivity contribution in [3.8, 4) is 0 Å². The normalized spacial score (nSPS) is 27.3. The molecule has 3 saturated heterocycles. The summed E-state index contributed by atoms with van der Waals surface area (Å²) in [7, 11) is -4.76. The van der Waals surface area contributed by atoms with Crippen LogP contribution in [0.1, 0.15) is 30.7 Å². The van der Waals surface area contributed by atoms with Crippen molar-refractivity contribution in [1.29, 1.82) is 0 Å². The van der Waals surface area contributed by atoms with Crippen molar-refractivity contribution in [3.63, 3.8) is 0 Å². The van der Waals surface area contributed by atoms with Gasteiger partial charge in [-0.3, -0.25) is 9.45 Å². The summed E-state index contributed by atoms with van der Waals surface area (Å²) in [4.78, 5) is 16.1. The fourth-order valence-electron chi connectivity index (χ4n) is 3.61. The molecule has 2 atom stereocenters. The molecular formula is C13H20N6O6S. The molecule has 26 heavy (non-hydrogen) atoms. The fourth-order valence-corrected chi connectivity index (χ4v) is 4.00. The van der Waals surface area contributed by atoms with E-state index >= 15 is 0 Å². The van der Waals surface area contributed by atoms with E-state index in [0.29, 0.717) is 36.2 Å². The first-order chi connectivity index (χ1) is 12.4. The molecule has 2 bridgehead atoms. The predicted molar refractivity (Wildman–Crippen MR) is 84.8 cm³/mol. The predicted octanol–water partition coefficient (Wildman–Crippen LogP) is -0.850. The summed E-state index contributed by atoms with van der Waals surface area (Å²) < 4.78 is 40.9. The highest BCUT2D eigenvalue weighted by Crippen LogP contribution is 2.38. The number of nitrogens with one attached hydrogen (secondary N) is 1. The highest BCUT2D eigenvalue weighted by molar-refractivity contribution is 7.80. The van der Waals surface area contributed by atoms with Crippen LogP contribution in [0, 0.1) is 0 Å². The Morgan fingerprint density at radius 3 is 2.77 bits per heavy atom. The molecular weight excluding hydrogens is 368 g/mol. The molecule has 2 N–H and O–H groups in total. The van der Waals surface area contributed by atoms with E-state index in [9.17, 15) is 13.2 Å². The van der Waals surface area contributed by atoms with Gasteiger partial charge in [0.2, 0.25) is 11.8 Å². The molecule has 144 valence electrons. The summed E-state index contributed by atoms with van der Waals surface area (Å²) >= 11 is 0. The minimum absolute atomic E-state index is 0.272. The van der Waals surface area contributed by atoms with Gasteiger partial charge >= 0.3 is 16.4 Å². The van der Waals surface area contributed by atoms with Crippen LogP contribution in [0.4, 0.5) is 4.79 Å². The topological polar surface area (TPSA) is 141 Å². The minimum atomic E-state index is -4.76. The van der Waals surface area contributed by atoms with Crippen LogP contribution in [0.5, 0.6) is 0 Å². The van der Waals surface area contributed by atoms with E-state index in [-0.39, 0.29) is 6.54 Å². The van der Waals surface area contributed by atoms with Crippen molar-refractivity contribution in [2.75, 3.05) is 32.7 Å². The van der Waals surface area contributed by atoms with E-state index in [0.717, 1.165) is 26.2 Å². The molecule has 0 aliphatic carbocycles. The van der Waals surface area contributed by atoms with Crippen molar-refractivity contribution in [2.45, 2.75) is 31.5 Å². The Morgan fingerprint density at radius 1 is 1.27 bits per heavy atom. The lowest BCUT2D eigenvalue weighted by Crippen LogP contribution is -2.42. The van der Waals surface area contributed by atoms with Crippen molar-refractivity contribution < 1.29 is 26.5 Å². The summed E-state index contributed by atoms with van der Waals surface area (Å²) in [6.45, 7) is 4.45. The summed E-state index contributed by atoms with van der Waals surface area (Å²) in [5.74, 6) is 0.817. The van der Waals surface area contributed by atoms with Gasteiger partial charge in [0.1, 0.15) is 6.04 Å². The van der Waals surface area contributed by atoms with Crippen molar-refractivity contribution >= 4 is 16.4 Å². The fraction of sp³-hybridized carbons (Fsp3) is 0.769. The van der Waals surface area contributed by atoms with Crippen molar-refractivity contribution in [1.82, 2.24) is 30.4 Å². The molecule has 3 aliphatic rings. The van der Waals surface area contributed by atoms with Crippen LogP contribution in [0.3, 0.4) is 0 Å². The number of fused-ring (bicyclic) bond motifs is 2. The van der Waals surface area contributed by atoms with E-state index in [1.165, 1.54) is 4.90 Å². The van der Waals surface area contributed by atoms with Crippen LogP contribution >= 0.6 is 0 Å². The van der Waals surface area contributed by atoms with Gasteiger partial charge in [0, 0.05) is 32.7 Å². The molecule has 0 radical (unpaired) electrons. The second-order valence-corrected chi connectivity index (χ2v) is 7.57. The van der Waals surface area contributed by atoms with Crippen LogP contribution in [-0.2, 0) is 21.2 Å². The maximum absolute atomic E-state index is 12.4. The minimum Gasteiger partial charge on any atom is -0.422 e. The molecule has 4 heterocycles. The zero-order valence-electron chi connectivity index (χ0n) is 13.9. The Labute approximate surface area is 150 Å². The third-order valence-electron chi connectivity index (χ3n) is 4.83. The molecule has 1 aromatic heterocycles. The average Bonchev–Trinajstić information content (AvgIpc) is 3.15. The maximum atomic E-state index is 12.4. The first-order valence-corrected chi connectivity index (χ1v) is 9.79. The van der Waals surface area contributed by atoms with Gasteiger partial charge in [-0.25, -0.2) is 4.79 Å². The SMILES string of the molecule is O=C1N2C[C@H](CC[C@H]2c2nnc(CN3CCNCC3)o2)N1OS(=O)(=O)O. The van der Waals surface area contributed by atoms with Crippen LogP contribution in [-0.4, -0.2) is 82.8 Å². The monoisotopic (exact) mass is 388 g/mol. The number of amides is 2. The van der Waals surface area contributed by atoms with Gasteiger partial charge in [-0.2, -0.15) is 13.5 Å². The molecule has 3 fully saturated rings. The van der Waals surface area contributed by atoms with E-state index in [2.05, 4.69) is 24.7 Å². The molecule has 0 saturated carbocycles. The Morgan fingerprint density at radius 2 is 2.04 bits per heavy atom. The second kappa shape index (κ2) is 6.74. The Balaban J connectivity index is 1.45. The van der Waals surface area contributed by atoms with Gasteiger partial charge < -0.3 is 14.6 Å². The van der Waals surface area contributed by atoms with E-state index < -0.39 is 28.5 Å². The Kier molecular flexibility index (Phi) is 4.56. The molecule has 13 heteroatoms. The number of hydroxylamine groups is 2. The lowest BCUT2D eigenvalue weighted by atomic mass is 10.0. The highest BCUT2D eigenvalue weighted by atomic mass is 32.3. The van der Waals surface area contributed by atoms with E-state index in [1.807, 2.05) is 0 Å². The lowest BCUT2D eigenvalue weighted by molar-refractivity contribution is -0.0317. The van der Waals surface area contributed by atoms with Gasteiger partial charge in [0.25, 0.3) is 0 Å². The summed E-state index contributed by atoms with van der Waals surface area (Å²) in [6, 6.07) is -1.51. The summed E-state index contributed by atoms with van der Waals surface area (Å²) in [5.41, 5.74) is 0. The number of urea groups is 1. The zero-order valence-corrected chi connectivity index (χ0v) is 14.8. The number of carbonyl (C=O) groups excluding carboxylic acids is 1. The van der Waals surface area contributed by atoms with Crippen LogP contribution in [0.2, 0.25) is 0 Å². The highest BCUT2D eigenvalue weighted by Gasteiger charge is 2.49. The molecule has 1 aromatic rings. The third-order valence-corrected chi connectivity index (χ3v) is 5.18. The smallest absolute Gasteiger partial charge is 0.418 e. The first kappa shape index (κ1) is 17.6. The largest absolute Gasteiger partial charge is 0.422 e. The van der Waals surface area contributed by atoms with Gasteiger partial charge in [0.15, 0.2) is 0 Å². The number of hydrogen-bond acceptors (Lipinski definition) is 9. The molecule has 3 aliphatic heterocycles. The third kappa shape index (κ3) is 3.53. The zero-order chi connectivity index (χ0) is 18.3. The van der Waals surface area contributed by atoms with Crippen molar-refractivity contribution in [3.05, 3.63) is 11.8 Å². The number of rotatable bonds is 5. The molecule has 0 spiro atoms. The first-order valence-electron chi connectivity index (χ1n) is 8.43. The maximum Gasteiger partial charge on any atom is 0.418 e. The van der Waals surface area contributed by atoms with Crippen LogP contribution < -0.4 is 5.32 Å². The molecule has 4 rings (SSSR count). The molecule has 0 unspecified atom stereocenters. The number of carbonyl (C=O) groups is 1. The number of hydrogen-bond donors (Lipinski definition) is 2. The number of piperazine rings is 1. The Hall–Kier alpha value is -1.80.